The number of hydrogen-bond acceptors (Lipinski definition) is 7. The SMILES string of the molecule is COc1ccc(Nc2nc(-c3ccc4c(c3)N(C)C(=O)CO4)cn3ccnc23)cc1OC. The average molecular weight is 431 g/mol. The van der Waals surface area contributed by atoms with Gasteiger partial charge in [0.25, 0.3) is 5.91 Å². The molecule has 0 spiro atoms. The fourth-order valence-corrected chi connectivity index (χ4v) is 3.64. The molecule has 0 saturated heterocycles. The van der Waals surface area contributed by atoms with Gasteiger partial charge in [-0.15, -0.1) is 0 Å². The summed E-state index contributed by atoms with van der Waals surface area (Å²) in [5, 5.41) is 3.33. The molecule has 0 atom stereocenters. The van der Waals surface area contributed by atoms with E-state index in [0.29, 0.717) is 40.1 Å². The monoisotopic (exact) mass is 431 g/mol. The van der Waals surface area contributed by atoms with Gasteiger partial charge in [-0.05, 0) is 30.3 Å². The predicted octanol–water partition coefficient (Wildman–Crippen LogP) is 3.51. The van der Waals surface area contributed by atoms with Gasteiger partial charge in [0, 0.05) is 43.0 Å². The fraction of sp³-hybridized carbons (Fsp3) is 0.174. The minimum absolute atomic E-state index is 0.0431. The molecular weight excluding hydrogens is 410 g/mol. The number of nitrogens with zero attached hydrogens (tertiary/aromatic N) is 4. The van der Waals surface area contributed by atoms with Crippen molar-refractivity contribution in [1.29, 1.82) is 0 Å². The Morgan fingerprint density at radius 2 is 1.94 bits per heavy atom. The summed E-state index contributed by atoms with van der Waals surface area (Å²) in [6.45, 7) is 0.0431. The first kappa shape index (κ1) is 19.7. The largest absolute Gasteiger partial charge is 0.493 e. The first-order valence-electron chi connectivity index (χ1n) is 9.94. The molecule has 162 valence electrons. The molecule has 0 unspecified atom stereocenters. The zero-order chi connectivity index (χ0) is 22.2. The van der Waals surface area contributed by atoms with Crippen LogP contribution in [0.3, 0.4) is 0 Å². The Morgan fingerprint density at radius 3 is 2.75 bits per heavy atom. The lowest BCUT2D eigenvalue weighted by molar-refractivity contribution is -0.120. The van der Waals surface area contributed by atoms with Gasteiger partial charge in [-0.1, -0.05) is 0 Å². The van der Waals surface area contributed by atoms with E-state index >= 15 is 0 Å². The zero-order valence-corrected chi connectivity index (χ0v) is 17.8. The Bertz CT molecular complexity index is 1330. The Balaban J connectivity index is 1.57. The zero-order valence-electron chi connectivity index (χ0n) is 17.8. The van der Waals surface area contributed by atoms with E-state index in [2.05, 4.69) is 10.3 Å². The van der Waals surface area contributed by atoms with Crippen molar-refractivity contribution in [1.82, 2.24) is 14.4 Å². The van der Waals surface area contributed by atoms with Crippen LogP contribution in [0.5, 0.6) is 17.2 Å². The van der Waals surface area contributed by atoms with E-state index in [9.17, 15) is 4.79 Å². The second kappa shape index (κ2) is 7.77. The first-order valence-corrected chi connectivity index (χ1v) is 9.94. The van der Waals surface area contributed by atoms with Crippen LogP contribution in [0.2, 0.25) is 0 Å². The van der Waals surface area contributed by atoms with Crippen molar-refractivity contribution in [3.8, 4) is 28.5 Å². The number of carbonyl (C=O) groups excluding carboxylic acids is 1. The summed E-state index contributed by atoms with van der Waals surface area (Å²) in [4.78, 5) is 22.9. The minimum atomic E-state index is -0.0940. The molecule has 0 fully saturated rings. The summed E-state index contributed by atoms with van der Waals surface area (Å²) in [5.41, 5.74) is 3.73. The summed E-state index contributed by atoms with van der Waals surface area (Å²) in [6.07, 6.45) is 5.47. The van der Waals surface area contributed by atoms with Crippen molar-refractivity contribution in [3.05, 3.63) is 55.0 Å². The number of methoxy groups -OCH3 is 2. The molecule has 0 bridgehead atoms. The number of anilines is 3. The van der Waals surface area contributed by atoms with Gasteiger partial charge in [0.05, 0.1) is 25.6 Å². The lowest BCUT2D eigenvalue weighted by Crippen LogP contribution is -2.35. The van der Waals surface area contributed by atoms with Gasteiger partial charge in [0.2, 0.25) is 0 Å². The number of amides is 1. The fourth-order valence-electron chi connectivity index (χ4n) is 3.64. The van der Waals surface area contributed by atoms with Gasteiger partial charge in [-0.25, -0.2) is 9.97 Å². The molecule has 0 radical (unpaired) electrons. The van der Waals surface area contributed by atoms with Crippen molar-refractivity contribution in [2.24, 2.45) is 0 Å². The van der Waals surface area contributed by atoms with E-state index in [1.54, 1.807) is 32.4 Å². The molecule has 1 N–H and O–H groups in total. The molecule has 1 aliphatic heterocycles. The van der Waals surface area contributed by atoms with Gasteiger partial charge in [-0.3, -0.25) is 4.79 Å². The van der Waals surface area contributed by atoms with Gasteiger partial charge in [0.15, 0.2) is 29.6 Å². The molecule has 32 heavy (non-hydrogen) atoms. The first-order chi connectivity index (χ1) is 15.6. The summed E-state index contributed by atoms with van der Waals surface area (Å²) in [7, 11) is 4.93. The third kappa shape index (κ3) is 3.33. The van der Waals surface area contributed by atoms with Crippen molar-refractivity contribution >= 4 is 28.7 Å². The van der Waals surface area contributed by atoms with Crippen LogP contribution in [-0.4, -0.2) is 48.1 Å². The third-order valence-corrected chi connectivity index (χ3v) is 5.36. The molecule has 4 aromatic rings. The highest BCUT2D eigenvalue weighted by Gasteiger charge is 2.23. The van der Waals surface area contributed by atoms with Crippen LogP contribution in [0.1, 0.15) is 0 Å². The molecule has 0 saturated carbocycles. The Kier molecular flexibility index (Phi) is 4.78. The van der Waals surface area contributed by atoms with E-state index in [4.69, 9.17) is 19.2 Å². The van der Waals surface area contributed by atoms with E-state index < -0.39 is 0 Å². The van der Waals surface area contributed by atoms with Gasteiger partial charge in [-0.2, -0.15) is 0 Å². The van der Waals surface area contributed by atoms with Crippen LogP contribution in [0.25, 0.3) is 16.9 Å². The van der Waals surface area contributed by atoms with Gasteiger partial charge >= 0.3 is 0 Å². The standard InChI is InChI=1S/C23H21N5O4/c1-27-17-10-14(4-6-18(17)32-13-21(27)29)16-12-28-9-8-24-23(28)22(26-16)25-15-5-7-19(30-2)20(11-15)31-3/h4-12H,13H2,1-3H3,(H,25,26). The summed E-state index contributed by atoms with van der Waals surface area (Å²) in [6, 6.07) is 11.2. The van der Waals surface area contributed by atoms with Gasteiger partial charge < -0.3 is 28.8 Å². The molecule has 1 aliphatic rings. The van der Waals surface area contributed by atoms with E-state index in [0.717, 1.165) is 11.3 Å². The quantitative estimate of drug-likeness (QED) is 0.517. The number of imidazole rings is 1. The lowest BCUT2D eigenvalue weighted by Gasteiger charge is -2.26. The number of likely N-dealkylation sites (N-methyl/N-ethyl adjacent to an activating group) is 1. The molecule has 1 amide bonds. The van der Waals surface area contributed by atoms with E-state index in [1.165, 1.54) is 0 Å². The summed E-state index contributed by atoms with van der Waals surface area (Å²) in [5.74, 6) is 2.40. The van der Waals surface area contributed by atoms with Crippen LogP contribution in [0.4, 0.5) is 17.2 Å². The van der Waals surface area contributed by atoms with E-state index in [1.807, 2.05) is 53.2 Å². The number of carbonyl (C=O) groups is 1. The van der Waals surface area contributed by atoms with Crippen molar-refractivity contribution < 1.29 is 19.0 Å². The highest BCUT2D eigenvalue weighted by Crippen LogP contribution is 2.36. The molecule has 9 heteroatoms. The van der Waals surface area contributed by atoms with Crippen LogP contribution < -0.4 is 24.4 Å². The Labute approximate surface area is 184 Å². The third-order valence-electron chi connectivity index (χ3n) is 5.36. The molecule has 0 aliphatic carbocycles. The number of nitrogens with one attached hydrogen (secondary N) is 1. The lowest BCUT2D eigenvalue weighted by atomic mass is 10.1. The molecule has 2 aromatic heterocycles. The second-order valence-electron chi connectivity index (χ2n) is 7.25. The van der Waals surface area contributed by atoms with Crippen LogP contribution in [0.15, 0.2) is 55.0 Å². The molecule has 2 aromatic carbocycles. The van der Waals surface area contributed by atoms with Crippen LogP contribution in [0, 0.1) is 0 Å². The maximum Gasteiger partial charge on any atom is 0.264 e. The number of aromatic nitrogens is 3. The number of hydrogen-bond donors (Lipinski definition) is 1. The van der Waals surface area contributed by atoms with Crippen molar-refractivity contribution in [2.75, 3.05) is 38.1 Å². The van der Waals surface area contributed by atoms with Crippen molar-refractivity contribution in [3.63, 3.8) is 0 Å². The number of benzene rings is 2. The van der Waals surface area contributed by atoms with E-state index in [-0.39, 0.29) is 12.5 Å². The molecule has 5 rings (SSSR count). The van der Waals surface area contributed by atoms with Gasteiger partial charge in [0.1, 0.15) is 5.75 Å². The van der Waals surface area contributed by atoms with Crippen LogP contribution in [-0.2, 0) is 4.79 Å². The highest BCUT2D eigenvalue weighted by molar-refractivity contribution is 5.98. The number of ether oxygens (including phenoxy) is 3. The summed E-state index contributed by atoms with van der Waals surface area (Å²) >= 11 is 0. The topological polar surface area (TPSA) is 90.2 Å². The minimum Gasteiger partial charge on any atom is -0.493 e. The predicted molar refractivity (Wildman–Crippen MR) is 120 cm³/mol. The smallest absolute Gasteiger partial charge is 0.264 e. The van der Waals surface area contributed by atoms with Crippen LogP contribution >= 0.6 is 0 Å². The summed E-state index contributed by atoms with van der Waals surface area (Å²) < 4.78 is 18.2. The molecular formula is C23H21N5O4. The maximum atomic E-state index is 12.0. The Hall–Kier alpha value is -4.27. The average Bonchev–Trinajstić information content (AvgIpc) is 3.30. The highest BCUT2D eigenvalue weighted by atomic mass is 16.5. The number of rotatable bonds is 5. The Morgan fingerprint density at radius 1 is 1.09 bits per heavy atom. The van der Waals surface area contributed by atoms with Crippen molar-refractivity contribution in [2.45, 2.75) is 0 Å². The number of fused-ring (bicyclic) bond motifs is 2. The molecule has 9 nitrogen and oxygen atoms in total. The maximum absolute atomic E-state index is 12.0. The second-order valence-corrected chi connectivity index (χ2v) is 7.25. The molecule has 3 heterocycles. The normalized spacial score (nSPS) is 13.0.